The van der Waals surface area contributed by atoms with Crippen molar-refractivity contribution < 1.29 is 37.9 Å². The number of amides is 1. The van der Waals surface area contributed by atoms with Crippen LogP contribution in [0.1, 0.15) is 219 Å². The van der Waals surface area contributed by atoms with Gasteiger partial charge in [-0.2, -0.15) is 0 Å². The zero-order valence-corrected chi connectivity index (χ0v) is 42.3. The molecule has 1 amide bonds. The molecule has 10 heteroatoms. The molecule has 2 atom stereocenters. The van der Waals surface area contributed by atoms with E-state index in [2.05, 4.69) is 104 Å². The highest BCUT2D eigenvalue weighted by Gasteiger charge is 2.23. The van der Waals surface area contributed by atoms with E-state index >= 15 is 0 Å². The van der Waals surface area contributed by atoms with Gasteiger partial charge in [-0.1, -0.05) is 202 Å². The van der Waals surface area contributed by atoms with Crippen molar-refractivity contribution in [2.75, 3.05) is 26.4 Å². The number of esters is 1. The molecule has 0 aromatic carbocycles. The van der Waals surface area contributed by atoms with Crippen LogP contribution < -0.4 is 5.32 Å². The van der Waals surface area contributed by atoms with Gasteiger partial charge < -0.3 is 20.1 Å². The predicted molar refractivity (Wildman–Crippen MR) is 275 cm³/mol. The Labute approximate surface area is 398 Å². The monoisotopic (exact) mass is 930 g/mol. The SMILES string of the molecule is CC/C=C\C/C=C\C/C=C\C/C=C\C/C=C\C/C=C\CCCCCCC(=O)OCC(O)COP(=O)(O)OCCNC(=O)CCCCCCCCCCCCC/C=C/CCCCCCCC. The van der Waals surface area contributed by atoms with Crippen molar-refractivity contribution in [3.8, 4) is 0 Å². The number of carbonyl (C=O) groups excluding carboxylic acids is 2. The first-order valence-electron chi connectivity index (χ1n) is 26.1. The van der Waals surface area contributed by atoms with E-state index in [9.17, 15) is 24.2 Å². The lowest BCUT2D eigenvalue weighted by Gasteiger charge is -2.15. The highest BCUT2D eigenvalue weighted by atomic mass is 31.2. The summed E-state index contributed by atoms with van der Waals surface area (Å²) < 4.78 is 27.0. The maximum Gasteiger partial charge on any atom is 0.472 e. The molecule has 3 N–H and O–H groups in total. The number of aliphatic hydroxyl groups excluding tert-OH is 1. The second kappa shape index (κ2) is 50.6. The van der Waals surface area contributed by atoms with Crippen molar-refractivity contribution in [2.24, 2.45) is 0 Å². The zero-order chi connectivity index (χ0) is 47.4. The summed E-state index contributed by atoms with van der Waals surface area (Å²) in [6, 6.07) is 0. The second-order valence-electron chi connectivity index (χ2n) is 17.1. The molecular formula is C55H96NO8P. The fourth-order valence-electron chi connectivity index (χ4n) is 6.91. The standard InChI is InChI=1S/C55H96NO8P/c1-3-5-7-9-11-13-15-17-19-21-23-25-26-28-30-32-34-36-38-40-42-44-46-48-55(59)62-51-53(57)52-64-65(60,61)63-50-49-56-54(58)47-45-43-41-39-37-35-33-31-29-27-24-22-20-18-16-14-12-10-8-6-4-2/h5,7,11,13,17-20,23,25,28,30,34,36,53,57H,3-4,6,8-10,12,14-16,21-22,24,26-27,29,31-33,35,37-52H2,1-2H3,(H,56,58)(H,60,61)/b7-5-,13-11-,19-17-,20-18+,25-23-,30-28-,36-34-. The molecule has 0 aliphatic rings. The molecule has 9 nitrogen and oxygen atoms in total. The minimum absolute atomic E-state index is 0.0748. The lowest BCUT2D eigenvalue weighted by molar-refractivity contribution is -0.147. The molecule has 0 aromatic rings. The van der Waals surface area contributed by atoms with E-state index in [-0.39, 0.29) is 32.1 Å². The Hall–Kier alpha value is -2.81. The van der Waals surface area contributed by atoms with Gasteiger partial charge in [-0.15, -0.1) is 0 Å². The fraction of sp³-hybridized carbons (Fsp3) is 0.709. The van der Waals surface area contributed by atoms with Crippen molar-refractivity contribution in [3.63, 3.8) is 0 Å². The molecule has 0 aromatic heterocycles. The van der Waals surface area contributed by atoms with Gasteiger partial charge in [-0.25, -0.2) is 4.57 Å². The van der Waals surface area contributed by atoms with Gasteiger partial charge in [-0.3, -0.25) is 18.6 Å². The molecule has 0 aliphatic carbocycles. The summed E-state index contributed by atoms with van der Waals surface area (Å²) >= 11 is 0. The van der Waals surface area contributed by atoms with E-state index in [4.69, 9.17) is 13.8 Å². The number of nitrogens with one attached hydrogen (secondary N) is 1. The number of carbonyl (C=O) groups is 2. The molecular weight excluding hydrogens is 834 g/mol. The molecule has 0 fully saturated rings. The van der Waals surface area contributed by atoms with Gasteiger partial charge in [0.05, 0.1) is 13.2 Å². The minimum Gasteiger partial charge on any atom is -0.463 e. The van der Waals surface area contributed by atoms with E-state index in [1.54, 1.807) is 0 Å². The number of rotatable bonds is 48. The highest BCUT2D eigenvalue weighted by molar-refractivity contribution is 7.47. The van der Waals surface area contributed by atoms with Crippen molar-refractivity contribution >= 4 is 19.7 Å². The number of hydrogen-bond donors (Lipinski definition) is 3. The number of ether oxygens (including phenoxy) is 1. The summed E-state index contributed by atoms with van der Waals surface area (Å²) in [5, 5.41) is 12.8. The Morgan fingerprint density at radius 3 is 1.34 bits per heavy atom. The summed E-state index contributed by atoms with van der Waals surface area (Å²) in [7, 11) is -4.43. The third-order valence-electron chi connectivity index (χ3n) is 10.8. The summed E-state index contributed by atoms with van der Waals surface area (Å²) in [6.45, 7) is 3.42. The van der Waals surface area contributed by atoms with Gasteiger partial charge in [-0.05, 0) is 89.9 Å². The summed E-state index contributed by atoms with van der Waals surface area (Å²) in [5.41, 5.74) is 0. The molecule has 0 saturated heterocycles. The van der Waals surface area contributed by atoms with Crippen LogP contribution >= 0.6 is 7.82 Å². The van der Waals surface area contributed by atoms with Crippen LogP contribution in [-0.2, 0) is 27.9 Å². The van der Waals surface area contributed by atoms with E-state index in [1.807, 2.05) is 0 Å². The quantitative estimate of drug-likeness (QED) is 0.0238. The summed E-state index contributed by atoms with van der Waals surface area (Å²) in [6.07, 6.45) is 65.2. The average molecular weight is 930 g/mol. The Morgan fingerprint density at radius 1 is 0.492 bits per heavy atom. The molecule has 2 unspecified atom stereocenters. The predicted octanol–water partition coefficient (Wildman–Crippen LogP) is 15.6. The maximum absolute atomic E-state index is 12.2. The van der Waals surface area contributed by atoms with Gasteiger partial charge in [0.25, 0.3) is 0 Å². The number of phosphoric ester groups is 1. The van der Waals surface area contributed by atoms with Gasteiger partial charge in [0.15, 0.2) is 0 Å². The first kappa shape index (κ1) is 62.2. The third-order valence-corrected chi connectivity index (χ3v) is 11.8. The van der Waals surface area contributed by atoms with E-state index in [0.29, 0.717) is 12.8 Å². The molecule has 0 saturated carbocycles. The van der Waals surface area contributed by atoms with Crippen molar-refractivity contribution in [2.45, 2.75) is 225 Å². The number of phosphoric acid groups is 1. The van der Waals surface area contributed by atoms with Gasteiger partial charge in [0, 0.05) is 19.4 Å². The third kappa shape index (κ3) is 52.0. The van der Waals surface area contributed by atoms with E-state index in [0.717, 1.165) is 83.5 Å². The van der Waals surface area contributed by atoms with Crippen LogP contribution in [0.2, 0.25) is 0 Å². The van der Waals surface area contributed by atoms with Crippen LogP contribution in [0, 0.1) is 0 Å². The van der Waals surface area contributed by atoms with Crippen molar-refractivity contribution in [1.82, 2.24) is 5.32 Å². The van der Waals surface area contributed by atoms with Gasteiger partial charge in [0.2, 0.25) is 5.91 Å². The van der Waals surface area contributed by atoms with Crippen LogP contribution in [0.5, 0.6) is 0 Å². The molecule has 0 aliphatic heterocycles. The average Bonchev–Trinajstić information content (AvgIpc) is 3.29. The second-order valence-corrected chi connectivity index (χ2v) is 18.6. The van der Waals surface area contributed by atoms with Gasteiger partial charge >= 0.3 is 13.8 Å². The molecule has 374 valence electrons. The van der Waals surface area contributed by atoms with Crippen LogP contribution in [-0.4, -0.2) is 54.3 Å². The highest BCUT2D eigenvalue weighted by Crippen LogP contribution is 2.42. The first-order chi connectivity index (χ1) is 31.8. The van der Waals surface area contributed by atoms with Crippen LogP contribution in [0.15, 0.2) is 85.1 Å². The largest absolute Gasteiger partial charge is 0.472 e. The Kier molecular flexibility index (Phi) is 48.4. The van der Waals surface area contributed by atoms with Crippen LogP contribution in [0.4, 0.5) is 0 Å². The Bertz CT molecular complexity index is 1340. The lowest BCUT2D eigenvalue weighted by Crippen LogP contribution is -2.27. The molecule has 0 rings (SSSR count). The van der Waals surface area contributed by atoms with Crippen LogP contribution in [0.3, 0.4) is 0 Å². The number of aliphatic hydroxyl groups is 1. The molecule has 65 heavy (non-hydrogen) atoms. The zero-order valence-electron chi connectivity index (χ0n) is 41.4. The van der Waals surface area contributed by atoms with Crippen LogP contribution in [0.25, 0.3) is 0 Å². The molecule has 0 bridgehead atoms. The Morgan fingerprint density at radius 2 is 0.877 bits per heavy atom. The topological polar surface area (TPSA) is 131 Å². The van der Waals surface area contributed by atoms with E-state index in [1.165, 1.54) is 103 Å². The van der Waals surface area contributed by atoms with Crippen molar-refractivity contribution in [1.29, 1.82) is 0 Å². The summed E-state index contributed by atoms with van der Waals surface area (Å²) in [5.74, 6) is -0.544. The normalized spacial score (nSPS) is 13.8. The fourth-order valence-corrected chi connectivity index (χ4v) is 7.67. The number of allylic oxidation sites excluding steroid dienone is 14. The van der Waals surface area contributed by atoms with Gasteiger partial charge in [0.1, 0.15) is 12.7 Å². The molecule has 0 radical (unpaired) electrons. The van der Waals surface area contributed by atoms with E-state index < -0.39 is 26.5 Å². The molecule has 0 spiro atoms. The number of unbranched alkanes of at least 4 members (excludes halogenated alkanes) is 21. The smallest absolute Gasteiger partial charge is 0.463 e. The lowest BCUT2D eigenvalue weighted by atomic mass is 10.0. The maximum atomic E-state index is 12.2. The summed E-state index contributed by atoms with van der Waals surface area (Å²) in [4.78, 5) is 34.1. The first-order valence-corrected chi connectivity index (χ1v) is 27.6. The number of hydrogen-bond acceptors (Lipinski definition) is 7. The molecule has 0 heterocycles. The Balaban J connectivity index is 3.62. The van der Waals surface area contributed by atoms with Crippen molar-refractivity contribution in [3.05, 3.63) is 85.1 Å². The minimum atomic E-state index is -4.43.